The first-order valence-electron chi connectivity index (χ1n) is 9.73. The zero-order valence-corrected chi connectivity index (χ0v) is 15.0. The van der Waals surface area contributed by atoms with Crippen molar-refractivity contribution in [1.82, 2.24) is 29.6 Å². The van der Waals surface area contributed by atoms with E-state index in [-0.39, 0.29) is 0 Å². The van der Waals surface area contributed by atoms with Crippen molar-refractivity contribution in [3.05, 3.63) is 18.1 Å². The van der Waals surface area contributed by atoms with Gasteiger partial charge in [-0.3, -0.25) is 4.90 Å². The number of hydrogen-bond acceptors (Lipinski definition) is 6. The van der Waals surface area contributed by atoms with Crippen LogP contribution in [0.4, 0.5) is 5.69 Å². The fraction of sp³-hybridized carbons (Fsp3) is 0.722. The molecular formula is C18H27N7. The SMILES string of the molecule is CCc1cc(N2CCN(C3CN4CCC3CC4)CC2)c2nncn2n1. The quantitative estimate of drug-likeness (QED) is 0.827. The van der Waals surface area contributed by atoms with Crippen LogP contribution in [0.15, 0.2) is 12.4 Å². The van der Waals surface area contributed by atoms with E-state index in [1.165, 1.54) is 38.2 Å². The molecule has 2 aromatic rings. The van der Waals surface area contributed by atoms with Gasteiger partial charge in [-0.05, 0) is 44.3 Å². The van der Waals surface area contributed by atoms with E-state index in [1.54, 1.807) is 6.33 Å². The van der Waals surface area contributed by atoms with Crippen molar-refractivity contribution in [2.75, 3.05) is 50.7 Å². The second-order valence-electron chi connectivity index (χ2n) is 7.70. The fourth-order valence-electron chi connectivity index (χ4n) is 4.91. The molecule has 0 radical (unpaired) electrons. The summed E-state index contributed by atoms with van der Waals surface area (Å²) >= 11 is 0. The minimum absolute atomic E-state index is 0.779. The van der Waals surface area contributed by atoms with E-state index in [2.05, 4.69) is 43.0 Å². The predicted molar refractivity (Wildman–Crippen MR) is 96.9 cm³/mol. The highest BCUT2D eigenvalue weighted by Gasteiger charge is 2.38. The van der Waals surface area contributed by atoms with E-state index in [0.717, 1.165) is 55.9 Å². The number of nitrogens with zero attached hydrogens (tertiary/aromatic N) is 7. The van der Waals surface area contributed by atoms with Crippen molar-refractivity contribution >= 4 is 11.3 Å². The molecular weight excluding hydrogens is 314 g/mol. The summed E-state index contributed by atoms with van der Waals surface area (Å²) < 4.78 is 1.83. The van der Waals surface area contributed by atoms with Gasteiger partial charge in [0, 0.05) is 38.8 Å². The Morgan fingerprint density at radius 3 is 2.56 bits per heavy atom. The van der Waals surface area contributed by atoms with Gasteiger partial charge in [0.05, 0.1) is 11.4 Å². The Hall–Kier alpha value is -1.73. The van der Waals surface area contributed by atoms with Crippen molar-refractivity contribution in [2.45, 2.75) is 32.2 Å². The molecule has 2 aromatic heterocycles. The second-order valence-corrected chi connectivity index (χ2v) is 7.70. The number of rotatable bonds is 3. The molecule has 7 heteroatoms. The Balaban J connectivity index is 1.33. The highest BCUT2D eigenvalue weighted by molar-refractivity contribution is 5.68. The molecule has 0 spiro atoms. The van der Waals surface area contributed by atoms with Gasteiger partial charge >= 0.3 is 0 Å². The van der Waals surface area contributed by atoms with Gasteiger partial charge in [-0.2, -0.15) is 9.61 Å². The standard InChI is InChI=1S/C18H27N7/c1-2-15-11-16(18-20-19-13-25(18)21-15)23-7-9-24(10-8-23)17-12-22-5-3-14(17)4-6-22/h11,13-14,17H,2-10,12H2,1H3. The number of aromatic nitrogens is 4. The molecule has 6 rings (SSSR count). The van der Waals surface area contributed by atoms with Crippen molar-refractivity contribution in [3.8, 4) is 0 Å². The van der Waals surface area contributed by atoms with E-state index in [9.17, 15) is 0 Å². The van der Waals surface area contributed by atoms with E-state index in [4.69, 9.17) is 0 Å². The maximum absolute atomic E-state index is 4.57. The lowest BCUT2D eigenvalue weighted by Crippen LogP contribution is -2.61. The number of fused-ring (bicyclic) bond motifs is 4. The predicted octanol–water partition coefficient (Wildman–Crippen LogP) is 0.903. The van der Waals surface area contributed by atoms with Crippen LogP contribution in [0.3, 0.4) is 0 Å². The molecule has 7 nitrogen and oxygen atoms in total. The van der Waals surface area contributed by atoms with Gasteiger partial charge in [-0.1, -0.05) is 6.92 Å². The minimum Gasteiger partial charge on any atom is -0.366 e. The molecule has 4 saturated heterocycles. The normalized spacial score (nSPS) is 30.3. The molecule has 25 heavy (non-hydrogen) atoms. The largest absolute Gasteiger partial charge is 0.366 e. The zero-order chi connectivity index (χ0) is 16.8. The first-order valence-corrected chi connectivity index (χ1v) is 9.73. The van der Waals surface area contributed by atoms with Crippen LogP contribution in [0.2, 0.25) is 0 Å². The van der Waals surface area contributed by atoms with Crippen LogP contribution >= 0.6 is 0 Å². The molecule has 4 aliphatic heterocycles. The van der Waals surface area contributed by atoms with Gasteiger partial charge in [-0.15, -0.1) is 10.2 Å². The van der Waals surface area contributed by atoms with Crippen molar-refractivity contribution < 1.29 is 0 Å². The molecule has 2 bridgehead atoms. The lowest BCUT2D eigenvalue weighted by molar-refractivity contribution is 0.00312. The average molecular weight is 341 g/mol. The summed E-state index contributed by atoms with van der Waals surface area (Å²) in [5.41, 5.74) is 3.17. The third-order valence-corrected chi connectivity index (χ3v) is 6.41. The first kappa shape index (κ1) is 15.5. The van der Waals surface area contributed by atoms with Crippen molar-refractivity contribution in [3.63, 3.8) is 0 Å². The van der Waals surface area contributed by atoms with E-state index in [1.807, 2.05) is 4.52 Å². The van der Waals surface area contributed by atoms with Crippen molar-refractivity contribution in [2.24, 2.45) is 5.92 Å². The van der Waals surface area contributed by atoms with Crippen LogP contribution in [0.5, 0.6) is 0 Å². The lowest BCUT2D eigenvalue weighted by Gasteiger charge is -2.51. The summed E-state index contributed by atoms with van der Waals surface area (Å²) in [7, 11) is 0. The Labute approximate surface area is 148 Å². The molecule has 6 heterocycles. The fourth-order valence-corrected chi connectivity index (χ4v) is 4.91. The summed E-state index contributed by atoms with van der Waals surface area (Å²) in [4.78, 5) is 7.88. The van der Waals surface area contributed by atoms with Gasteiger partial charge < -0.3 is 9.80 Å². The molecule has 1 atom stereocenters. The summed E-state index contributed by atoms with van der Waals surface area (Å²) in [5, 5.41) is 12.9. The highest BCUT2D eigenvalue weighted by Crippen LogP contribution is 2.32. The van der Waals surface area contributed by atoms with Crippen LogP contribution < -0.4 is 4.90 Å². The van der Waals surface area contributed by atoms with Crippen LogP contribution in [0.25, 0.3) is 5.65 Å². The number of piperazine rings is 1. The summed E-state index contributed by atoms with van der Waals surface area (Å²) in [6.45, 7) is 10.5. The van der Waals surface area contributed by atoms with Crippen LogP contribution in [-0.4, -0.2) is 81.5 Å². The van der Waals surface area contributed by atoms with Crippen LogP contribution in [-0.2, 0) is 6.42 Å². The molecule has 0 saturated carbocycles. The maximum Gasteiger partial charge on any atom is 0.200 e. The second kappa shape index (κ2) is 6.21. The monoisotopic (exact) mass is 341 g/mol. The van der Waals surface area contributed by atoms with Crippen LogP contribution in [0, 0.1) is 5.92 Å². The molecule has 134 valence electrons. The number of hydrogen-bond donors (Lipinski definition) is 0. The smallest absolute Gasteiger partial charge is 0.200 e. The number of piperidine rings is 3. The van der Waals surface area contributed by atoms with Crippen LogP contribution in [0.1, 0.15) is 25.5 Å². The summed E-state index contributed by atoms with van der Waals surface area (Å²) in [6.07, 6.45) is 5.44. The van der Waals surface area contributed by atoms with Gasteiger partial charge in [0.15, 0.2) is 0 Å². The number of anilines is 1. The zero-order valence-electron chi connectivity index (χ0n) is 15.0. The molecule has 0 amide bonds. The molecule has 0 N–H and O–H groups in total. The van der Waals surface area contributed by atoms with E-state index < -0.39 is 0 Å². The minimum atomic E-state index is 0.779. The molecule has 4 aliphatic rings. The molecule has 0 aliphatic carbocycles. The van der Waals surface area contributed by atoms with Gasteiger partial charge in [0.2, 0.25) is 5.65 Å². The average Bonchev–Trinajstić information content (AvgIpc) is 3.17. The number of aryl methyl sites for hydroxylation is 1. The van der Waals surface area contributed by atoms with E-state index >= 15 is 0 Å². The lowest BCUT2D eigenvalue weighted by atomic mass is 9.83. The Kier molecular flexibility index (Phi) is 3.86. The highest BCUT2D eigenvalue weighted by atomic mass is 15.4. The topological polar surface area (TPSA) is 52.8 Å². The van der Waals surface area contributed by atoms with Crippen molar-refractivity contribution in [1.29, 1.82) is 0 Å². The van der Waals surface area contributed by atoms with Gasteiger partial charge in [0.25, 0.3) is 0 Å². The first-order chi connectivity index (χ1) is 12.3. The Morgan fingerprint density at radius 1 is 1.08 bits per heavy atom. The summed E-state index contributed by atoms with van der Waals surface area (Å²) in [5.74, 6) is 0.923. The van der Waals surface area contributed by atoms with E-state index in [0.29, 0.717) is 0 Å². The third-order valence-electron chi connectivity index (χ3n) is 6.41. The third kappa shape index (κ3) is 2.69. The Bertz CT molecular complexity index is 741. The van der Waals surface area contributed by atoms with Gasteiger partial charge in [0.1, 0.15) is 6.33 Å². The summed E-state index contributed by atoms with van der Waals surface area (Å²) in [6, 6.07) is 2.98. The molecule has 4 fully saturated rings. The Morgan fingerprint density at radius 2 is 1.88 bits per heavy atom. The molecule has 1 unspecified atom stereocenters. The molecule has 0 aromatic carbocycles. The van der Waals surface area contributed by atoms with Gasteiger partial charge in [-0.25, -0.2) is 0 Å². The maximum atomic E-state index is 4.57.